The Balaban J connectivity index is 1.65. The monoisotopic (exact) mass is 400 g/mol. The van der Waals surface area contributed by atoms with Gasteiger partial charge in [0.1, 0.15) is 12.0 Å². The normalized spacial score (nSPS) is 17.6. The van der Waals surface area contributed by atoms with Crippen molar-refractivity contribution in [1.82, 2.24) is 15.0 Å². The van der Waals surface area contributed by atoms with Gasteiger partial charge in [-0.1, -0.05) is 17.3 Å². The van der Waals surface area contributed by atoms with Gasteiger partial charge in [-0.2, -0.15) is 18.2 Å². The molecule has 2 aromatic rings. The van der Waals surface area contributed by atoms with Gasteiger partial charge in [0.15, 0.2) is 5.82 Å². The number of methoxy groups -OCH3 is 1. The predicted molar refractivity (Wildman–Crippen MR) is 90.4 cm³/mol. The Bertz CT molecular complexity index is 832. The molecule has 1 aliphatic rings. The minimum atomic E-state index is -4.41. The lowest BCUT2D eigenvalue weighted by Gasteiger charge is -2.38. The molecule has 1 aromatic carbocycles. The average molecular weight is 400 g/mol. The van der Waals surface area contributed by atoms with Crippen LogP contribution in [0.25, 0.3) is 0 Å². The molecular weight excluding hydrogens is 381 g/mol. The summed E-state index contributed by atoms with van der Waals surface area (Å²) in [7, 11) is 1.46. The van der Waals surface area contributed by atoms with Crippen LogP contribution in [0.1, 0.15) is 30.1 Å². The average Bonchev–Trinajstić information content (AvgIpc) is 3.10. The fraction of sp³-hybridized carbons (Fsp3) is 0.529. The Hall–Kier alpha value is -2.53. The van der Waals surface area contributed by atoms with Gasteiger partial charge in [0.05, 0.1) is 4.92 Å². The van der Waals surface area contributed by atoms with Crippen LogP contribution in [0.15, 0.2) is 28.8 Å². The van der Waals surface area contributed by atoms with Gasteiger partial charge in [-0.05, 0) is 18.4 Å². The molecule has 152 valence electrons. The second kappa shape index (κ2) is 7.84. The van der Waals surface area contributed by atoms with Crippen molar-refractivity contribution in [2.75, 3.05) is 20.2 Å². The highest BCUT2D eigenvalue weighted by molar-refractivity contribution is 5.34. The molecule has 0 aliphatic carbocycles. The first-order valence-corrected chi connectivity index (χ1v) is 8.61. The summed E-state index contributed by atoms with van der Waals surface area (Å²) in [6.07, 6.45) is -4.77. The molecule has 0 N–H and O–H groups in total. The van der Waals surface area contributed by atoms with Crippen molar-refractivity contribution in [2.45, 2.75) is 37.6 Å². The number of nitro benzene ring substituents is 1. The van der Waals surface area contributed by atoms with Gasteiger partial charge in [0.2, 0.25) is 0 Å². The van der Waals surface area contributed by atoms with E-state index < -0.39 is 28.9 Å². The molecule has 1 fully saturated rings. The standard InChI is InChI=1S/C17H19F3N4O4/c1-27-16(15-21-14(22-28-15)10-17(18,19)20)5-7-23(8-6-16)11-12-3-2-4-13(9-12)24(25)26/h2-4,9H,5-8,10-11H2,1H3. The molecule has 0 spiro atoms. The Labute approximate surface area is 158 Å². The topological polar surface area (TPSA) is 94.5 Å². The van der Waals surface area contributed by atoms with Crippen LogP contribution in [-0.4, -0.2) is 46.3 Å². The number of aromatic nitrogens is 2. The number of likely N-dealkylation sites (tertiary alicyclic amines) is 1. The van der Waals surface area contributed by atoms with Crippen LogP contribution in [-0.2, 0) is 23.3 Å². The Morgan fingerprint density at radius 3 is 2.68 bits per heavy atom. The second-order valence-electron chi connectivity index (χ2n) is 6.71. The van der Waals surface area contributed by atoms with Gasteiger partial charge in [-0.25, -0.2) is 0 Å². The Morgan fingerprint density at radius 1 is 1.36 bits per heavy atom. The van der Waals surface area contributed by atoms with Crippen LogP contribution < -0.4 is 0 Å². The zero-order valence-corrected chi connectivity index (χ0v) is 15.1. The molecule has 0 unspecified atom stereocenters. The first-order chi connectivity index (χ1) is 13.2. The highest BCUT2D eigenvalue weighted by atomic mass is 19.4. The van der Waals surface area contributed by atoms with E-state index in [9.17, 15) is 23.3 Å². The van der Waals surface area contributed by atoms with E-state index in [4.69, 9.17) is 9.26 Å². The molecule has 0 bridgehead atoms. The third-order valence-corrected chi connectivity index (χ3v) is 4.80. The van der Waals surface area contributed by atoms with Crippen molar-refractivity contribution < 1.29 is 27.4 Å². The Morgan fingerprint density at radius 2 is 2.07 bits per heavy atom. The number of nitrogens with zero attached hydrogens (tertiary/aromatic N) is 4. The third kappa shape index (κ3) is 4.65. The highest BCUT2D eigenvalue weighted by Gasteiger charge is 2.42. The number of ether oxygens (including phenoxy) is 1. The molecule has 1 aromatic heterocycles. The van der Waals surface area contributed by atoms with E-state index in [1.807, 2.05) is 6.07 Å². The molecule has 0 radical (unpaired) electrons. The van der Waals surface area contributed by atoms with E-state index in [-0.39, 0.29) is 11.6 Å². The largest absolute Gasteiger partial charge is 0.396 e. The number of alkyl halides is 3. The molecule has 0 saturated carbocycles. The summed E-state index contributed by atoms with van der Waals surface area (Å²) in [5, 5.41) is 14.3. The van der Waals surface area contributed by atoms with Crippen LogP contribution in [0.4, 0.5) is 18.9 Å². The van der Waals surface area contributed by atoms with Crippen LogP contribution in [0.3, 0.4) is 0 Å². The van der Waals surface area contributed by atoms with Gasteiger partial charge in [0.25, 0.3) is 11.6 Å². The summed E-state index contributed by atoms with van der Waals surface area (Å²) >= 11 is 0. The van der Waals surface area contributed by atoms with Crippen molar-refractivity contribution in [3.63, 3.8) is 0 Å². The number of hydrogen-bond donors (Lipinski definition) is 0. The van der Waals surface area contributed by atoms with Crippen LogP contribution in [0.5, 0.6) is 0 Å². The smallest absolute Gasteiger partial charge is 0.368 e. The van der Waals surface area contributed by atoms with Crippen molar-refractivity contribution in [3.8, 4) is 0 Å². The number of hydrogen-bond acceptors (Lipinski definition) is 7. The molecule has 11 heteroatoms. The maximum atomic E-state index is 12.5. The second-order valence-corrected chi connectivity index (χ2v) is 6.71. The maximum absolute atomic E-state index is 12.5. The van der Waals surface area contributed by atoms with Crippen molar-refractivity contribution >= 4 is 5.69 Å². The number of halogens is 3. The molecule has 3 rings (SSSR count). The number of piperidine rings is 1. The lowest BCUT2D eigenvalue weighted by Crippen LogP contribution is -2.43. The van der Waals surface area contributed by atoms with E-state index in [1.54, 1.807) is 6.07 Å². The van der Waals surface area contributed by atoms with Gasteiger partial charge < -0.3 is 9.26 Å². The lowest BCUT2D eigenvalue weighted by atomic mass is 9.90. The number of nitro groups is 1. The minimum absolute atomic E-state index is 0.0313. The number of benzene rings is 1. The van der Waals surface area contributed by atoms with Gasteiger partial charge in [-0.15, -0.1) is 0 Å². The number of non-ortho nitro benzene ring substituents is 1. The summed E-state index contributed by atoms with van der Waals surface area (Å²) in [4.78, 5) is 16.4. The van der Waals surface area contributed by atoms with Crippen molar-refractivity contribution in [3.05, 3.63) is 51.7 Å². The SMILES string of the molecule is COC1(c2nc(CC(F)(F)F)no2)CCN(Cc2cccc([N+](=O)[O-])c2)CC1. The van der Waals surface area contributed by atoms with E-state index in [1.165, 1.54) is 19.2 Å². The molecule has 0 atom stereocenters. The molecule has 1 aliphatic heterocycles. The van der Waals surface area contributed by atoms with Crippen molar-refractivity contribution in [1.29, 1.82) is 0 Å². The number of rotatable bonds is 6. The lowest BCUT2D eigenvalue weighted by molar-refractivity contribution is -0.384. The third-order valence-electron chi connectivity index (χ3n) is 4.80. The fourth-order valence-corrected chi connectivity index (χ4v) is 3.29. The molecule has 8 nitrogen and oxygen atoms in total. The summed E-state index contributed by atoms with van der Waals surface area (Å²) in [6, 6.07) is 6.41. The van der Waals surface area contributed by atoms with Crippen molar-refractivity contribution in [2.24, 2.45) is 0 Å². The predicted octanol–water partition coefficient (Wildman–Crippen LogP) is 3.22. The van der Waals surface area contributed by atoms with Crippen LogP contribution in [0, 0.1) is 10.1 Å². The summed E-state index contributed by atoms with van der Waals surface area (Å²) < 4.78 is 48.1. The fourth-order valence-electron chi connectivity index (χ4n) is 3.29. The zero-order chi connectivity index (χ0) is 20.4. The highest BCUT2D eigenvalue weighted by Crippen LogP contribution is 2.36. The summed E-state index contributed by atoms with van der Waals surface area (Å²) in [5.74, 6) is -0.373. The summed E-state index contributed by atoms with van der Waals surface area (Å²) in [6.45, 7) is 1.64. The van der Waals surface area contributed by atoms with Gasteiger partial charge in [-0.3, -0.25) is 15.0 Å². The van der Waals surface area contributed by atoms with E-state index in [0.717, 1.165) is 5.56 Å². The molecule has 28 heavy (non-hydrogen) atoms. The zero-order valence-electron chi connectivity index (χ0n) is 15.1. The Kier molecular flexibility index (Phi) is 5.66. The maximum Gasteiger partial charge on any atom is 0.396 e. The van der Waals surface area contributed by atoms with Crippen LogP contribution in [0.2, 0.25) is 0 Å². The quantitative estimate of drug-likeness (QED) is 0.543. The van der Waals surface area contributed by atoms with Gasteiger partial charge >= 0.3 is 6.18 Å². The van der Waals surface area contributed by atoms with E-state index in [2.05, 4.69) is 15.0 Å². The molecule has 1 saturated heterocycles. The summed E-state index contributed by atoms with van der Waals surface area (Å²) in [5.41, 5.74) is -0.0936. The van der Waals surface area contributed by atoms with E-state index >= 15 is 0 Å². The molecular formula is C17H19F3N4O4. The minimum Gasteiger partial charge on any atom is -0.368 e. The van der Waals surface area contributed by atoms with Gasteiger partial charge in [0, 0.05) is 38.9 Å². The van der Waals surface area contributed by atoms with E-state index in [0.29, 0.717) is 32.5 Å². The first-order valence-electron chi connectivity index (χ1n) is 8.61. The molecule has 0 amide bonds. The van der Waals surface area contributed by atoms with Crippen LogP contribution >= 0.6 is 0 Å². The first kappa shape index (κ1) is 20.2. The molecule has 2 heterocycles.